The molecule has 20 heavy (non-hydrogen) atoms. The number of sulfonamides is 1. The highest BCUT2D eigenvalue weighted by atomic mass is 32.2. The minimum atomic E-state index is -3.32. The smallest absolute Gasteiger partial charge is 0.218 e. The molecule has 1 aliphatic carbocycles. The standard InChI is InChI=1S/C14H22N2O3S/c1-19-9-8-16(14-6-7-14)20(17,18)11-13-5-3-2-4-12(13)10-15/h2-5,14H,6-11,15H2,1H3. The van der Waals surface area contributed by atoms with Crippen LogP contribution in [0.25, 0.3) is 0 Å². The fraction of sp³-hybridized carbons (Fsp3) is 0.571. The molecule has 0 heterocycles. The predicted octanol–water partition coefficient (Wildman–Crippen LogP) is 1.09. The maximum Gasteiger partial charge on any atom is 0.218 e. The molecule has 0 aliphatic heterocycles. The van der Waals surface area contributed by atoms with Gasteiger partial charge in [-0.25, -0.2) is 8.42 Å². The maximum atomic E-state index is 12.6. The van der Waals surface area contributed by atoms with Crippen LogP contribution in [-0.2, 0) is 27.1 Å². The molecule has 0 aromatic heterocycles. The van der Waals surface area contributed by atoms with Crippen molar-refractivity contribution in [2.24, 2.45) is 5.73 Å². The van der Waals surface area contributed by atoms with Gasteiger partial charge in [0, 0.05) is 26.2 Å². The average Bonchev–Trinajstić information content (AvgIpc) is 3.23. The molecule has 2 rings (SSSR count). The lowest BCUT2D eigenvalue weighted by Gasteiger charge is -2.22. The van der Waals surface area contributed by atoms with E-state index in [1.54, 1.807) is 11.4 Å². The van der Waals surface area contributed by atoms with Crippen LogP contribution in [0.4, 0.5) is 0 Å². The quantitative estimate of drug-likeness (QED) is 0.779. The van der Waals surface area contributed by atoms with E-state index in [1.807, 2.05) is 24.3 Å². The molecule has 1 aliphatic rings. The van der Waals surface area contributed by atoms with Gasteiger partial charge < -0.3 is 10.5 Å². The second-order valence-corrected chi connectivity index (χ2v) is 6.99. The molecule has 6 heteroatoms. The summed E-state index contributed by atoms with van der Waals surface area (Å²) in [5.74, 6) is 0.0145. The van der Waals surface area contributed by atoms with E-state index in [0.29, 0.717) is 19.7 Å². The molecule has 1 saturated carbocycles. The highest BCUT2D eigenvalue weighted by Crippen LogP contribution is 2.30. The van der Waals surface area contributed by atoms with Crippen LogP contribution in [0.2, 0.25) is 0 Å². The van der Waals surface area contributed by atoms with E-state index < -0.39 is 10.0 Å². The summed E-state index contributed by atoms with van der Waals surface area (Å²) in [5, 5.41) is 0. The Morgan fingerprint density at radius 3 is 2.50 bits per heavy atom. The van der Waals surface area contributed by atoms with Crippen molar-refractivity contribution >= 4 is 10.0 Å². The van der Waals surface area contributed by atoms with Gasteiger partial charge in [-0.2, -0.15) is 4.31 Å². The molecule has 0 saturated heterocycles. The molecule has 0 bridgehead atoms. The molecule has 1 aromatic carbocycles. The zero-order chi connectivity index (χ0) is 14.6. The number of nitrogens with zero attached hydrogens (tertiary/aromatic N) is 1. The van der Waals surface area contributed by atoms with Crippen molar-refractivity contribution in [2.75, 3.05) is 20.3 Å². The summed E-state index contributed by atoms with van der Waals surface area (Å²) in [6, 6.07) is 7.59. The largest absolute Gasteiger partial charge is 0.383 e. The van der Waals surface area contributed by atoms with Crippen LogP contribution < -0.4 is 5.73 Å². The van der Waals surface area contributed by atoms with Gasteiger partial charge in [0.15, 0.2) is 0 Å². The average molecular weight is 298 g/mol. The number of methoxy groups -OCH3 is 1. The summed E-state index contributed by atoms with van der Waals surface area (Å²) in [7, 11) is -1.73. The summed E-state index contributed by atoms with van der Waals surface area (Å²) in [6.45, 7) is 1.20. The van der Waals surface area contributed by atoms with Crippen molar-refractivity contribution in [3.63, 3.8) is 0 Å². The van der Waals surface area contributed by atoms with Gasteiger partial charge in [-0.05, 0) is 24.0 Å². The molecular weight excluding hydrogens is 276 g/mol. The van der Waals surface area contributed by atoms with Crippen LogP contribution >= 0.6 is 0 Å². The van der Waals surface area contributed by atoms with Gasteiger partial charge in [0.1, 0.15) is 0 Å². The third kappa shape index (κ3) is 3.79. The minimum absolute atomic E-state index is 0.0145. The molecule has 112 valence electrons. The zero-order valence-corrected chi connectivity index (χ0v) is 12.6. The van der Waals surface area contributed by atoms with E-state index >= 15 is 0 Å². The second-order valence-electron chi connectivity index (χ2n) is 5.06. The first-order valence-corrected chi connectivity index (χ1v) is 8.44. The van der Waals surface area contributed by atoms with Gasteiger partial charge in [-0.1, -0.05) is 24.3 Å². The van der Waals surface area contributed by atoms with Gasteiger partial charge in [0.2, 0.25) is 10.0 Å². The van der Waals surface area contributed by atoms with Crippen LogP contribution in [0.3, 0.4) is 0 Å². The first-order valence-electron chi connectivity index (χ1n) is 6.84. The third-order valence-electron chi connectivity index (χ3n) is 3.50. The Labute approximate surface area is 120 Å². The molecule has 0 spiro atoms. The van der Waals surface area contributed by atoms with Crippen LogP contribution in [0.1, 0.15) is 24.0 Å². The number of rotatable bonds is 8. The Hall–Kier alpha value is -0.950. The molecule has 0 radical (unpaired) electrons. The predicted molar refractivity (Wildman–Crippen MR) is 78.6 cm³/mol. The van der Waals surface area contributed by atoms with Crippen LogP contribution in [0.5, 0.6) is 0 Å². The van der Waals surface area contributed by atoms with E-state index in [9.17, 15) is 8.42 Å². The number of hydrogen-bond donors (Lipinski definition) is 1. The minimum Gasteiger partial charge on any atom is -0.383 e. The maximum absolute atomic E-state index is 12.6. The molecule has 5 nitrogen and oxygen atoms in total. The highest BCUT2D eigenvalue weighted by Gasteiger charge is 2.36. The van der Waals surface area contributed by atoms with Crippen molar-refractivity contribution in [1.29, 1.82) is 0 Å². The van der Waals surface area contributed by atoms with Crippen molar-refractivity contribution in [1.82, 2.24) is 4.31 Å². The van der Waals surface area contributed by atoms with E-state index in [4.69, 9.17) is 10.5 Å². The van der Waals surface area contributed by atoms with Crippen molar-refractivity contribution in [3.8, 4) is 0 Å². The van der Waals surface area contributed by atoms with Crippen LogP contribution in [0.15, 0.2) is 24.3 Å². The Morgan fingerprint density at radius 1 is 1.30 bits per heavy atom. The Balaban J connectivity index is 2.16. The summed E-state index contributed by atoms with van der Waals surface area (Å²) in [4.78, 5) is 0. The van der Waals surface area contributed by atoms with Gasteiger partial charge in [-0.3, -0.25) is 0 Å². The summed E-state index contributed by atoms with van der Waals surface area (Å²) in [5.41, 5.74) is 7.35. The highest BCUT2D eigenvalue weighted by molar-refractivity contribution is 7.88. The van der Waals surface area contributed by atoms with Gasteiger partial charge in [0.05, 0.1) is 12.4 Å². The Bertz CT molecular complexity index is 541. The second kappa shape index (κ2) is 6.67. The third-order valence-corrected chi connectivity index (χ3v) is 5.37. The van der Waals surface area contributed by atoms with E-state index in [2.05, 4.69) is 0 Å². The van der Waals surface area contributed by atoms with E-state index in [0.717, 1.165) is 24.0 Å². The number of ether oxygens (including phenoxy) is 1. The molecule has 0 amide bonds. The zero-order valence-electron chi connectivity index (χ0n) is 11.8. The number of hydrogen-bond acceptors (Lipinski definition) is 4. The van der Waals surface area contributed by atoms with Crippen molar-refractivity contribution in [2.45, 2.75) is 31.2 Å². The van der Waals surface area contributed by atoms with E-state index in [-0.39, 0.29) is 11.8 Å². The Kier molecular flexibility index (Phi) is 5.15. The molecule has 0 unspecified atom stereocenters. The normalized spacial score (nSPS) is 15.8. The molecule has 1 fully saturated rings. The lowest BCUT2D eigenvalue weighted by Crippen LogP contribution is -2.36. The monoisotopic (exact) mass is 298 g/mol. The van der Waals surface area contributed by atoms with Gasteiger partial charge in [0.25, 0.3) is 0 Å². The molecule has 1 aromatic rings. The van der Waals surface area contributed by atoms with Crippen LogP contribution in [0, 0.1) is 0 Å². The van der Waals surface area contributed by atoms with Crippen LogP contribution in [-0.4, -0.2) is 39.0 Å². The fourth-order valence-corrected chi connectivity index (χ4v) is 4.13. The fourth-order valence-electron chi connectivity index (χ4n) is 2.27. The van der Waals surface area contributed by atoms with Gasteiger partial charge in [-0.15, -0.1) is 0 Å². The molecule has 2 N–H and O–H groups in total. The molecule has 0 atom stereocenters. The summed E-state index contributed by atoms with van der Waals surface area (Å²) >= 11 is 0. The molecular formula is C14H22N2O3S. The van der Waals surface area contributed by atoms with Crippen molar-refractivity contribution in [3.05, 3.63) is 35.4 Å². The number of nitrogens with two attached hydrogens (primary N) is 1. The first kappa shape index (κ1) is 15.4. The summed E-state index contributed by atoms with van der Waals surface area (Å²) in [6.07, 6.45) is 1.89. The Morgan fingerprint density at radius 2 is 1.95 bits per heavy atom. The van der Waals surface area contributed by atoms with Crippen molar-refractivity contribution < 1.29 is 13.2 Å². The van der Waals surface area contributed by atoms with E-state index in [1.165, 1.54) is 0 Å². The summed E-state index contributed by atoms with van der Waals surface area (Å²) < 4.78 is 31.8. The van der Waals surface area contributed by atoms with Gasteiger partial charge >= 0.3 is 0 Å². The number of benzene rings is 1. The first-order chi connectivity index (χ1) is 9.58. The lowest BCUT2D eigenvalue weighted by molar-refractivity contribution is 0.177. The lowest BCUT2D eigenvalue weighted by atomic mass is 10.1. The topological polar surface area (TPSA) is 72.6 Å². The SMILES string of the molecule is COCCN(C1CC1)S(=O)(=O)Cc1ccccc1CN.